The monoisotopic (exact) mass is 554 g/mol. The van der Waals surface area contributed by atoms with Gasteiger partial charge in [-0.1, -0.05) is 92.9 Å². The van der Waals surface area contributed by atoms with Crippen LogP contribution in [-0.4, -0.2) is 22.6 Å². The van der Waals surface area contributed by atoms with Crippen LogP contribution in [0.3, 0.4) is 0 Å². The molecule has 0 radical (unpaired) electrons. The summed E-state index contributed by atoms with van der Waals surface area (Å²) in [6, 6.07) is 0. The van der Waals surface area contributed by atoms with Crippen molar-refractivity contribution in [1.82, 2.24) is 0 Å². The van der Waals surface area contributed by atoms with Gasteiger partial charge in [-0.15, -0.1) is 0 Å². The van der Waals surface area contributed by atoms with Gasteiger partial charge in [0, 0.05) is 0 Å². The van der Waals surface area contributed by atoms with E-state index in [9.17, 15) is 0 Å². The van der Waals surface area contributed by atoms with Gasteiger partial charge in [-0.3, -0.25) is 0 Å². The largest absolute Gasteiger partial charge is 0.0958 e. The molecule has 0 saturated heterocycles. The van der Waals surface area contributed by atoms with Crippen LogP contribution in [0.15, 0.2) is 0 Å². The summed E-state index contributed by atoms with van der Waals surface area (Å²) < 4.78 is 0. The first-order valence-corrected chi connectivity index (χ1v) is 20.5. The molecule has 2 heteroatoms. The predicted molar refractivity (Wildman–Crippen MR) is 174 cm³/mol. The van der Waals surface area contributed by atoms with E-state index in [0.717, 1.165) is 22.6 Å². The quantitative estimate of drug-likeness (QED) is 0.280. The van der Waals surface area contributed by atoms with E-state index in [1.54, 1.807) is 73.6 Å². The summed E-state index contributed by atoms with van der Waals surface area (Å²) in [5, 5.41) is 0. The van der Waals surface area contributed by atoms with Gasteiger partial charge in [0.05, 0.1) is 0 Å². The van der Waals surface area contributed by atoms with Gasteiger partial charge in [0.2, 0.25) is 0 Å². The van der Waals surface area contributed by atoms with E-state index in [1.807, 2.05) is 11.1 Å². The van der Waals surface area contributed by atoms with Crippen molar-refractivity contribution in [3.8, 4) is 0 Å². The van der Waals surface area contributed by atoms with Crippen LogP contribution in [0.25, 0.3) is 0 Å². The summed E-state index contributed by atoms with van der Waals surface area (Å²) in [5.41, 5.74) is 14.7. The van der Waals surface area contributed by atoms with Crippen molar-refractivity contribution in [2.45, 2.75) is 191 Å². The minimum absolute atomic E-state index is 0.127. The van der Waals surface area contributed by atoms with Crippen LogP contribution < -0.4 is 0 Å². The molecule has 0 nitrogen and oxygen atoms in total. The summed E-state index contributed by atoms with van der Waals surface area (Å²) in [6.45, 7) is 10.2. The summed E-state index contributed by atoms with van der Waals surface area (Å²) in [6.07, 6.45) is 33.3. The highest BCUT2D eigenvalue weighted by molar-refractivity contribution is 7.58. The maximum absolute atomic E-state index is 2.54. The minimum Gasteiger partial charge on any atom is -0.0958 e. The molecule has 38 heavy (non-hydrogen) atoms. The molecule has 4 aliphatic carbocycles. The van der Waals surface area contributed by atoms with E-state index in [1.165, 1.54) is 89.4 Å². The number of benzene rings is 1. The van der Waals surface area contributed by atoms with Crippen molar-refractivity contribution in [1.29, 1.82) is 0 Å². The molecule has 5 rings (SSSR count). The second kappa shape index (κ2) is 14.3. The van der Waals surface area contributed by atoms with Crippen LogP contribution in [0.2, 0.25) is 0 Å². The topological polar surface area (TPSA) is 0 Å². The molecule has 1 aromatic rings. The molecule has 4 saturated carbocycles. The average Bonchev–Trinajstić information content (AvgIpc) is 2.98. The molecule has 214 valence electrons. The fraction of sp³-hybridized carbons (Fsp3) is 0.833. The van der Waals surface area contributed by atoms with E-state index >= 15 is 0 Å². The van der Waals surface area contributed by atoms with Crippen LogP contribution in [-0.2, 0) is 12.3 Å². The van der Waals surface area contributed by atoms with Gasteiger partial charge in [-0.2, -0.15) is 0 Å². The molecule has 0 bridgehead atoms. The summed E-state index contributed by atoms with van der Waals surface area (Å²) in [5.74, 6) is 0. The van der Waals surface area contributed by atoms with Crippen LogP contribution >= 0.6 is 15.8 Å². The first kappa shape index (κ1) is 29.6. The van der Waals surface area contributed by atoms with Crippen molar-refractivity contribution >= 4 is 15.8 Å². The third-order valence-electron chi connectivity index (χ3n) is 11.8. The predicted octanol–water partition coefficient (Wildman–Crippen LogP) is 12.2. The maximum atomic E-state index is 2.54. The number of hydrogen-bond acceptors (Lipinski definition) is 0. The van der Waals surface area contributed by atoms with Gasteiger partial charge in [0.1, 0.15) is 0 Å². The Labute approximate surface area is 239 Å². The Bertz CT molecular complexity index is 741. The molecule has 0 atom stereocenters. The Kier molecular flexibility index (Phi) is 11.1. The number of rotatable bonds is 8. The summed E-state index contributed by atoms with van der Waals surface area (Å²) in [4.78, 5) is 0. The second-order valence-electron chi connectivity index (χ2n) is 14.0. The molecule has 0 amide bonds. The van der Waals surface area contributed by atoms with Crippen LogP contribution in [0.1, 0.15) is 162 Å². The molecule has 1 aromatic carbocycles. The Morgan fingerprint density at radius 2 is 0.579 bits per heavy atom. The Hall–Kier alpha value is 0.0800. The molecule has 0 N–H and O–H groups in total. The van der Waals surface area contributed by atoms with Crippen LogP contribution in [0, 0.1) is 27.7 Å². The zero-order chi connectivity index (χ0) is 26.5. The lowest BCUT2D eigenvalue weighted by Crippen LogP contribution is -2.23. The Balaban J connectivity index is 1.42. The molecule has 4 aliphatic rings. The van der Waals surface area contributed by atoms with Gasteiger partial charge in [-0.25, -0.2) is 0 Å². The molecule has 0 aliphatic heterocycles. The van der Waals surface area contributed by atoms with E-state index in [-0.39, 0.29) is 15.8 Å². The molecule has 0 spiro atoms. The van der Waals surface area contributed by atoms with Crippen LogP contribution in [0.4, 0.5) is 0 Å². The molecule has 0 heterocycles. The fourth-order valence-corrected chi connectivity index (χ4v) is 17.1. The Morgan fingerprint density at radius 3 is 0.789 bits per heavy atom. The van der Waals surface area contributed by atoms with E-state index in [4.69, 9.17) is 0 Å². The first-order valence-electron chi connectivity index (χ1n) is 17.1. The minimum atomic E-state index is 0.127. The van der Waals surface area contributed by atoms with Crippen molar-refractivity contribution in [3.63, 3.8) is 0 Å². The van der Waals surface area contributed by atoms with Crippen molar-refractivity contribution in [2.24, 2.45) is 0 Å². The Morgan fingerprint density at radius 1 is 0.368 bits per heavy atom. The zero-order valence-electron chi connectivity index (χ0n) is 25.8. The van der Waals surface area contributed by atoms with Crippen molar-refractivity contribution in [3.05, 3.63) is 33.4 Å². The normalized spacial score (nSPS) is 23.5. The smallest absolute Gasteiger partial charge is 0.00627 e. The van der Waals surface area contributed by atoms with E-state index in [0.29, 0.717) is 0 Å². The lowest BCUT2D eigenvalue weighted by Gasteiger charge is -2.40. The molecule has 0 unspecified atom stereocenters. The molecular formula is C36H60P2. The highest BCUT2D eigenvalue weighted by Gasteiger charge is 2.34. The average molecular weight is 555 g/mol. The lowest BCUT2D eigenvalue weighted by molar-refractivity contribution is 0.483. The third-order valence-corrected chi connectivity index (χ3v) is 19.0. The van der Waals surface area contributed by atoms with Gasteiger partial charge >= 0.3 is 0 Å². The van der Waals surface area contributed by atoms with Gasteiger partial charge in [0.25, 0.3) is 0 Å². The molecule has 0 aromatic heterocycles. The summed E-state index contributed by atoms with van der Waals surface area (Å²) >= 11 is 0. The maximum Gasteiger partial charge on any atom is -0.00627 e. The molecule has 4 fully saturated rings. The van der Waals surface area contributed by atoms with Gasteiger partial charge in [-0.05, 0) is 147 Å². The van der Waals surface area contributed by atoms with E-state index in [2.05, 4.69) is 27.7 Å². The van der Waals surface area contributed by atoms with E-state index < -0.39 is 0 Å². The first-order chi connectivity index (χ1) is 18.5. The lowest BCUT2D eigenvalue weighted by atomic mass is 9.90. The zero-order valence-corrected chi connectivity index (χ0v) is 27.5. The van der Waals surface area contributed by atoms with Gasteiger partial charge < -0.3 is 0 Å². The van der Waals surface area contributed by atoms with Crippen molar-refractivity contribution < 1.29 is 0 Å². The fourth-order valence-electron chi connectivity index (χ4n) is 9.07. The summed E-state index contributed by atoms with van der Waals surface area (Å²) in [7, 11) is 0.253. The van der Waals surface area contributed by atoms with Crippen LogP contribution in [0.5, 0.6) is 0 Å². The standard InChI is InChI=1S/C36H60P2/c1-27-28(2)36(26-38(33-21-13-7-14-22-33)34-23-15-8-16-24-34)30(4)29(3)35(27)25-37(31-17-9-5-10-18-31)32-19-11-6-12-20-32/h31-34H,5-26H2,1-4H3. The highest BCUT2D eigenvalue weighted by atomic mass is 31.1. The SMILES string of the molecule is Cc1c(C)c(CP(C2CCCCC2)C2CCCCC2)c(C)c(C)c1CP(C1CCCCC1)C1CCCCC1. The highest BCUT2D eigenvalue weighted by Crippen LogP contribution is 2.60. The second-order valence-corrected chi connectivity index (χ2v) is 19.6. The third kappa shape index (κ3) is 6.92. The van der Waals surface area contributed by atoms with Gasteiger partial charge in [0.15, 0.2) is 0 Å². The number of hydrogen-bond donors (Lipinski definition) is 0. The van der Waals surface area contributed by atoms with Crippen molar-refractivity contribution in [2.75, 3.05) is 0 Å². The molecular weight excluding hydrogens is 494 g/mol.